The molecule has 0 bridgehead atoms. The lowest BCUT2D eigenvalue weighted by Crippen LogP contribution is -2.25. The molecule has 0 amide bonds. The van der Waals surface area contributed by atoms with Crippen LogP contribution in [0.25, 0.3) is 0 Å². The largest absolute Gasteiger partial charge is 0.381 e. The lowest BCUT2D eigenvalue weighted by atomic mass is 10.1. The quantitative estimate of drug-likeness (QED) is 0.735. The van der Waals surface area contributed by atoms with Gasteiger partial charge in [0.2, 0.25) is 10.0 Å². The molecule has 3 N–H and O–H groups in total. The zero-order valence-electron chi connectivity index (χ0n) is 15.4. The van der Waals surface area contributed by atoms with Gasteiger partial charge in [0, 0.05) is 31.5 Å². The summed E-state index contributed by atoms with van der Waals surface area (Å²) in [5.41, 5.74) is 2.36. The number of nitrogens with two attached hydrogens (primary N) is 1. The second-order valence-corrected chi connectivity index (χ2v) is 8.15. The molecule has 0 aliphatic heterocycles. The normalized spacial score (nSPS) is 12.7. The number of anilines is 2. The summed E-state index contributed by atoms with van der Waals surface area (Å²) in [6.45, 7) is 5.56. The number of nitrogens with one attached hydrogen (secondary N) is 1. The van der Waals surface area contributed by atoms with Crippen LogP contribution in [0.1, 0.15) is 25.8 Å². The van der Waals surface area contributed by atoms with E-state index < -0.39 is 10.0 Å². The SMILES string of the molecule is CCC(C)CN(C)c1ccc(F)cc1CNc1cccc(S(N)(=O)=O)c1. The Bertz CT molecular complexity index is 856. The van der Waals surface area contributed by atoms with Gasteiger partial charge in [0.15, 0.2) is 0 Å². The van der Waals surface area contributed by atoms with Crippen LogP contribution in [0.4, 0.5) is 15.8 Å². The van der Waals surface area contributed by atoms with Gasteiger partial charge in [0.25, 0.3) is 0 Å². The fourth-order valence-electron chi connectivity index (χ4n) is 2.74. The van der Waals surface area contributed by atoms with Crippen LogP contribution in [0.15, 0.2) is 47.4 Å². The summed E-state index contributed by atoms with van der Waals surface area (Å²) in [6.07, 6.45) is 1.07. The maximum absolute atomic E-state index is 13.7. The third-order valence-electron chi connectivity index (χ3n) is 4.38. The van der Waals surface area contributed by atoms with E-state index in [0.29, 0.717) is 18.2 Å². The van der Waals surface area contributed by atoms with E-state index in [9.17, 15) is 12.8 Å². The van der Waals surface area contributed by atoms with Gasteiger partial charge < -0.3 is 10.2 Å². The Hall–Kier alpha value is -2.12. The summed E-state index contributed by atoms with van der Waals surface area (Å²) in [5, 5.41) is 8.31. The summed E-state index contributed by atoms with van der Waals surface area (Å²) < 4.78 is 36.7. The molecule has 26 heavy (non-hydrogen) atoms. The summed E-state index contributed by atoms with van der Waals surface area (Å²) >= 11 is 0. The highest BCUT2D eigenvalue weighted by Gasteiger charge is 2.12. The minimum atomic E-state index is -3.76. The molecular formula is C19H26FN3O2S. The molecule has 0 saturated carbocycles. The van der Waals surface area contributed by atoms with Gasteiger partial charge in [-0.3, -0.25) is 0 Å². The van der Waals surface area contributed by atoms with Gasteiger partial charge >= 0.3 is 0 Å². The molecule has 0 aliphatic carbocycles. The first kappa shape index (κ1) is 20.2. The van der Waals surface area contributed by atoms with E-state index in [1.807, 2.05) is 7.05 Å². The van der Waals surface area contributed by atoms with Crippen molar-refractivity contribution in [2.24, 2.45) is 11.1 Å². The van der Waals surface area contributed by atoms with E-state index in [4.69, 9.17) is 5.14 Å². The molecule has 0 saturated heterocycles. The highest BCUT2D eigenvalue weighted by Crippen LogP contribution is 2.24. The van der Waals surface area contributed by atoms with E-state index in [1.54, 1.807) is 18.2 Å². The lowest BCUT2D eigenvalue weighted by molar-refractivity contribution is 0.558. The Morgan fingerprint density at radius 1 is 1.23 bits per heavy atom. The van der Waals surface area contributed by atoms with Crippen LogP contribution in [0, 0.1) is 11.7 Å². The van der Waals surface area contributed by atoms with Crippen molar-refractivity contribution in [3.05, 3.63) is 53.8 Å². The predicted octanol–water partition coefficient (Wildman–Crippen LogP) is 3.57. The summed E-state index contributed by atoms with van der Waals surface area (Å²) in [6, 6.07) is 11.0. The van der Waals surface area contributed by atoms with Crippen LogP contribution in [0.3, 0.4) is 0 Å². The van der Waals surface area contributed by atoms with Crippen molar-refractivity contribution in [3.8, 4) is 0 Å². The highest BCUT2D eigenvalue weighted by molar-refractivity contribution is 7.89. The summed E-state index contributed by atoms with van der Waals surface area (Å²) in [7, 11) is -1.77. The lowest BCUT2D eigenvalue weighted by Gasteiger charge is -2.25. The van der Waals surface area contributed by atoms with Gasteiger partial charge in [-0.05, 0) is 47.9 Å². The van der Waals surface area contributed by atoms with Crippen molar-refractivity contribution in [1.82, 2.24) is 0 Å². The second kappa shape index (κ2) is 8.51. The molecule has 0 heterocycles. The van der Waals surface area contributed by atoms with Crippen LogP contribution < -0.4 is 15.4 Å². The van der Waals surface area contributed by atoms with Crippen molar-refractivity contribution in [1.29, 1.82) is 0 Å². The number of sulfonamides is 1. The van der Waals surface area contributed by atoms with Gasteiger partial charge in [0.1, 0.15) is 5.82 Å². The van der Waals surface area contributed by atoms with Crippen LogP contribution in [0.5, 0.6) is 0 Å². The molecule has 2 aromatic rings. The summed E-state index contributed by atoms with van der Waals surface area (Å²) in [5.74, 6) is 0.220. The van der Waals surface area contributed by atoms with Crippen LogP contribution in [0.2, 0.25) is 0 Å². The van der Waals surface area contributed by atoms with Crippen molar-refractivity contribution in [2.45, 2.75) is 31.7 Å². The van der Waals surface area contributed by atoms with Crippen LogP contribution >= 0.6 is 0 Å². The molecule has 0 aliphatic rings. The molecule has 2 aromatic carbocycles. The molecule has 0 spiro atoms. The maximum Gasteiger partial charge on any atom is 0.238 e. The molecular weight excluding hydrogens is 353 g/mol. The average molecular weight is 380 g/mol. The minimum Gasteiger partial charge on any atom is -0.381 e. The highest BCUT2D eigenvalue weighted by atomic mass is 32.2. The Balaban J connectivity index is 2.20. The Morgan fingerprint density at radius 3 is 2.62 bits per heavy atom. The van der Waals surface area contributed by atoms with Gasteiger partial charge in [-0.1, -0.05) is 26.3 Å². The number of halogens is 1. The first-order valence-electron chi connectivity index (χ1n) is 8.57. The second-order valence-electron chi connectivity index (χ2n) is 6.59. The summed E-state index contributed by atoms with van der Waals surface area (Å²) in [4.78, 5) is 2.15. The average Bonchev–Trinajstić information content (AvgIpc) is 2.59. The number of nitrogens with zero attached hydrogens (tertiary/aromatic N) is 1. The van der Waals surface area contributed by atoms with Crippen molar-refractivity contribution >= 4 is 21.4 Å². The molecule has 0 fully saturated rings. The van der Waals surface area contributed by atoms with Crippen molar-refractivity contribution in [3.63, 3.8) is 0 Å². The molecule has 1 unspecified atom stereocenters. The fraction of sp³-hybridized carbons (Fsp3) is 0.368. The van der Waals surface area contributed by atoms with Gasteiger partial charge in [-0.15, -0.1) is 0 Å². The first-order valence-corrected chi connectivity index (χ1v) is 10.1. The molecule has 0 aromatic heterocycles. The fourth-order valence-corrected chi connectivity index (χ4v) is 3.30. The molecule has 5 nitrogen and oxygen atoms in total. The maximum atomic E-state index is 13.7. The van der Waals surface area contributed by atoms with E-state index in [2.05, 4.69) is 24.1 Å². The molecule has 2 rings (SSSR count). The standard InChI is InChI=1S/C19H26FN3O2S/c1-4-14(2)13-23(3)19-9-8-16(20)10-15(19)12-22-17-6-5-7-18(11-17)26(21,24)25/h5-11,14,22H,4,12-13H2,1-3H3,(H2,21,24,25). The molecule has 142 valence electrons. The number of primary sulfonamides is 1. The van der Waals surface area contributed by atoms with Crippen LogP contribution in [-0.4, -0.2) is 22.0 Å². The van der Waals surface area contributed by atoms with Crippen molar-refractivity contribution < 1.29 is 12.8 Å². The zero-order chi connectivity index (χ0) is 19.3. The molecule has 0 radical (unpaired) electrons. The first-order chi connectivity index (χ1) is 12.2. The Labute approximate surface area is 155 Å². The zero-order valence-corrected chi connectivity index (χ0v) is 16.2. The third kappa shape index (κ3) is 5.44. The minimum absolute atomic E-state index is 0.0378. The van der Waals surface area contributed by atoms with Gasteiger partial charge in [-0.25, -0.2) is 17.9 Å². The predicted molar refractivity (Wildman–Crippen MR) is 104 cm³/mol. The monoisotopic (exact) mass is 379 g/mol. The van der Waals surface area contributed by atoms with E-state index in [1.165, 1.54) is 24.3 Å². The third-order valence-corrected chi connectivity index (χ3v) is 5.29. The Kier molecular flexibility index (Phi) is 6.61. The number of rotatable bonds is 8. The molecule has 7 heteroatoms. The molecule has 1 atom stereocenters. The van der Waals surface area contributed by atoms with E-state index in [-0.39, 0.29) is 10.7 Å². The Morgan fingerprint density at radius 2 is 1.96 bits per heavy atom. The number of hydrogen-bond donors (Lipinski definition) is 2. The smallest absolute Gasteiger partial charge is 0.238 e. The van der Waals surface area contributed by atoms with Crippen molar-refractivity contribution in [2.75, 3.05) is 23.8 Å². The van der Waals surface area contributed by atoms with Crippen LogP contribution in [-0.2, 0) is 16.6 Å². The van der Waals surface area contributed by atoms with E-state index >= 15 is 0 Å². The number of benzene rings is 2. The number of hydrogen-bond acceptors (Lipinski definition) is 4. The van der Waals surface area contributed by atoms with E-state index in [0.717, 1.165) is 24.2 Å². The van der Waals surface area contributed by atoms with Gasteiger partial charge in [0.05, 0.1) is 4.90 Å². The van der Waals surface area contributed by atoms with Gasteiger partial charge in [-0.2, -0.15) is 0 Å². The topological polar surface area (TPSA) is 75.4 Å².